The third kappa shape index (κ3) is 3.55. The molecule has 2 aromatic rings. The Kier molecular flexibility index (Phi) is 4.96. The molecule has 0 bridgehead atoms. The fraction of sp³-hybridized carbons (Fsp3) is 0.360. The van der Waals surface area contributed by atoms with Gasteiger partial charge in [0.05, 0.1) is 5.54 Å². The molecular formula is C25H26N4O4. The Morgan fingerprint density at radius 2 is 1.85 bits per heavy atom. The number of benzene rings is 2. The van der Waals surface area contributed by atoms with Crippen LogP contribution in [0, 0.1) is 0 Å². The first kappa shape index (κ1) is 21.2. The van der Waals surface area contributed by atoms with Gasteiger partial charge in [-0.25, -0.2) is 4.79 Å². The molecule has 0 radical (unpaired) electrons. The number of anilines is 1. The minimum Gasteiger partial charge on any atom is -0.322 e. The van der Waals surface area contributed by atoms with Crippen molar-refractivity contribution in [3.8, 4) is 0 Å². The van der Waals surface area contributed by atoms with Crippen molar-refractivity contribution in [3.05, 3.63) is 64.7 Å². The summed E-state index contributed by atoms with van der Waals surface area (Å²) in [4.78, 5) is 53.1. The van der Waals surface area contributed by atoms with Gasteiger partial charge in [0.25, 0.3) is 5.91 Å². The lowest BCUT2D eigenvalue weighted by Crippen LogP contribution is -2.52. The molecule has 5 rings (SSSR count). The van der Waals surface area contributed by atoms with Crippen LogP contribution in [-0.4, -0.2) is 46.1 Å². The molecule has 0 spiro atoms. The largest absolute Gasteiger partial charge is 0.322 e. The van der Waals surface area contributed by atoms with Crippen LogP contribution in [0.25, 0.3) is 0 Å². The molecule has 8 nitrogen and oxygen atoms in total. The molecule has 0 aliphatic carbocycles. The zero-order valence-corrected chi connectivity index (χ0v) is 18.7. The summed E-state index contributed by atoms with van der Waals surface area (Å²) in [5.41, 5.74) is 3.83. The third-order valence-electron chi connectivity index (χ3n) is 6.98. The number of nitrogens with one attached hydrogen (secondary N) is 2. The summed E-state index contributed by atoms with van der Waals surface area (Å²) in [5.74, 6) is -0.978. The molecule has 3 aliphatic rings. The van der Waals surface area contributed by atoms with Crippen molar-refractivity contribution in [2.24, 2.45) is 0 Å². The van der Waals surface area contributed by atoms with Crippen LogP contribution in [0.3, 0.4) is 0 Å². The van der Waals surface area contributed by atoms with Gasteiger partial charge in [-0.2, -0.15) is 0 Å². The van der Waals surface area contributed by atoms with Crippen LogP contribution in [0.4, 0.5) is 10.5 Å². The van der Waals surface area contributed by atoms with Gasteiger partial charge in [-0.05, 0) is 61.6 Å². The van der Waals surface area contributed by atoms with Gasteiger partial charge in [0.15, 0.2) is 0 Å². The van der Waals surface area contributed by atoms with E-state index >= 15 is 0 Å². The number of nitrogens with zero attached hydrogens (tertiary/aromatic N) is 2. The topological polar surface area (TPSA) is 98.8 Å². The van der Waals surface area contributed by atoms with Gasteiger partial charge in [-0.15, -0.1) is 0 Å². The maximum Gasteiger partial charge on any atom is 0.322 e. The summed E-state index contributed by atoms with van der Waals surface area (Å²) in [6.07, 6.45) is 1.33. The third-order valence-corrected chi connectivity index (χ3v) is 6.98. The first-order valence-electron chi connectivity index (χ1n) is 11.2. The van der Waals surface area contributed by atoms with E-state index < -0.39 is 17.5 Å². The predicted molar refractivity (Wildman–Crippen MR) is 121 cm³/mol. The summed E-state index contributed by atoms with van der Waals surface area (Å²) in [6, 6.07) is 12.5. The highest BCUT2D eigenvalue weighted by Gasteiger charge is 2.40. The van der Waals surface area contributed by atoms with Gasteiger partial charge < -0.3 is 15.1 Å². The van der Waals surface area contributed by atoms with Gasteiger partial charge in [-0.3, -0.25) is 19.7 Å². The first-order chi connectivity index (χ1) is 15.8. The van der Waals surface area contributed by atoms with Crippen molar-refractivity contribution in [3.63, 3.8) is 0 Å². The average Bonchev–Trinajstić information content (AvgIpc) is 3.09. The van der Waals surface area contributed by atoms with E-state index in [1.54, 1.807) is 18.2 Å². The van der Waals surface area contributed by atoms with E-state index in [0.29, 0.717) is 24.2 Å². The number of fused-ring (bicyclic) bond motifs is 2. The highest BCUT2D eigenvalue weighted by Crippen LogP contribution is 2.36. The number of hydrogen-bond donors (Lipinski definition) is 2. The van der Waals surface area contributed by atoms with E-state index in [4.69, 9.17) is 0 Å². The van der Waals surface area contributed by atoms with Crippen LogP contribution in [0.1, 0.15) is 53.7 Å². The number of hydrogen-bond acceptors (Lipinski definition) is 4. The van der Waals surface area contributed by atoms with E-state index in [2.05, 4.69) is 22.8 Å². The van der Waals surface area contributed by atoms with Crippen LogP contribution in [0.2, 0.25) is 0 Å². The van der Waals surface area contributed by atoms with Crippen LogP contribution in [-0.2, 0) is 28.1 Å². The molecule has 1 unspecified atom stereocenters. The minimum absolute atomic E-state index is 0.194. The molecule has 2 N–H and O–H groups in total. The Morgan fingerprint density at radius 3 is 2.64 bits per heavy atom. The molecule has 33 heavy (non-hydrogen) atoms. The Balaban J connectivity index is 1.32. The summed E-state index contributed by atoms with van der Waals surface area (Å²) < 4.78 is 0. The van der Waals surface area contributed by atoms with Crippen molar-refractivity contribution in [1.29, 1.82) is 0 Å². The van der Waals surface area contributed by atoms with Crippen molar-refractivity contribution in [2.45, 2.75) is 51.2 Å². The van der Waals surface area contributed by atoms with Crippen molar-refractivity contribution in [2.75, 3.05) is 11.9 Å². The quantitative estimate of drug-likeness (QED) is 0.693. The number of imide groups is 1. The van der Waals surface area contributed by atoms with Crippen LogP contribution in [0.15, 0.2) is 42.5 Å². The van der Waals surface area contributed by atoms with Crippen molar-refractivity contribution in [1.82, 2.24) is 15.1 Å². The SMILES string of the molecule is CC1(C)c2ccccc2CCN1C(=O)Nc1ccc2c(c1)CN(C1CCC(=O)NC1=O)C2=O. The number of rotatable bonds is 2. The Bertz CT molecular complexity index is 1190. The van der Waals surface area contributed by atoms with Crippen LogP contribution in [0.5, 0.6) is 0 Å². The highest BCUT2D eigenvalue weighted by atomic mass is 16.2. The number of urea groups is 1. The maximum atomic E-state index is 13.2. The fourth-order valence-electron chi connectivity index (χ4n) is 5.19. The summed E-state index contributed by atoms with van der Waals surface area (Å²) in [6.45, 7) is 4.98. The molecule has 3 heterocycles. The second-order valence-corrected chi connectivity index (χ2v) is 9.32. The van der Waals surface area contributed by atoms with E-state index in [-0.39, 0.29) is 30.8 Å². The van der Waals surface area contributed by atoms with Gasteiger partial charge in [0, 0.05) is 30.8 Å². The second kappa shape index (κ2) is 7.72. The molecule has 0 saturated carbocycles. The number of carbonyl (C=O) groups excluding carboxylic acids is 4. The molecule has 1 fully saturated rings. The number of piperidine rings is 1. The molecule has 1 saturated heterocycles. The standard InChI is InChI=1S/C25H26N4O4/c1-25(2)19-6-4-3-5-15(19)11-12-29(25)24(33)26-17-7-8-18-16(13-17)14-28(23(18)32)20-9-10-21(30)27-22(20)31/h3-8,13,20H,9-12,14H2,1-2H3,(H,26,33)(H,27,30,31). The Hall–Kier alpha value is -3.68. The molecule has 8 heteroatoms. The van der Waals surface area contributed by atoms with Crippen molar-refractivity contribution < 1.29 is 19.2 Å². The van der Waals surface area contributed by atoms with E-state index in [0.717, 1.165) is 17.5 Å². The predicted octanol–water partition coefficient (Wildman–Crippen LogP) is 2.77. The maximum absolute atomic E-state index is 13.2. The number of amides is 5. The lowest BCUT2D eigenvalue weighted by molar-refractivity contribution is -0.136. The monoisotopic (exact) mass is 446 g/mol. The van der Waals surface area contributed by atoms with Gasteiger partial charge in [0.1, 0.15) is 6.04 Å². The van der Waals surface area contributed by atoms with Crippen LogP contribution < -0.4 is 10.6 Å². The minimum atomic E-state index is -0.658. The van der Waals surface area contributed by atoms with E-state index in [1.807, 2.05) is 30.9 Å². The zero-order valence-electron chi connectivity index (χ0n) is 18.7. The Labute approximate surface area is 191 Å². The molecule has 5 amide bonds. The molecule has 1 atom stereocenters. The fourth-order valence-corrected chi connectivity index (χ4v) is 5.19. The number of carbonyl (C=O) groups is 4. The molecule has 170 valence electrons. The first-order valence-corrected chi connectivity index (χ1v) is 11.2. The highest BCUT2D eigenvalue weighted by molar-refractivity contribution is 6.05. The molecule has 0 aromatic heterocycles. The normalized spacial score (nSPS) is 21.4. The summed E-state index contributed by atoms with van der Waals surface area (Å²) in [7, 11) is 0. The summed E-state index contributed by atoms with van der Waals surface area (Å²) in [5, 5.41) is 5.29. The van der Waals surface area contributed by atoms with Crippen LogP contribution >= 0.6 is 0 Å². The molecular weight excluding hydrogens is 420 g/mol. The summed E-state index contributed by atoms with van der Waals surface area (Å²) >= 11 is 0. The van der Waals surface area contributed by atoms with E-state index in [9.17, 15) is 19.2 Å². The molecule has 2 aromatic carbocycles. The van der Waals surface area contributed by atoms with Gasteiger partial charge in [0.2, 0.25) is 11.8 Å². The van der Waals surface area contributed by atoms with Gasteiger partial charge >= 0.3 is 6.03 Å². The second-order valence-electron chi connectivity index (χ2n) is 9.32. The Morgan fingerprint density at radius 1 is 1.06 bits per heavy atom. The molecule has 3 aliphatic heterocycles. The lowest BCUT2D eigenvalue weighted by atomic mass is 9.83. The zero-order chi connectivity index (χ0) is 23.3. The van der Waals surface area contributed by atoms with Crippen molar-refractivity contribution >= 4 is 29.4 Å². The van der Waals surface area contributed by atoms with Gasteiger partial charge in [-0.1, -0.05) is 24.3 Å². The lowest BCUT2D eigenvalue weighted by Gasteiger charge is -2.43. The smallest absolute Gasteiger partial charge is 0.322 e. The van der Waals surface area contributed by atoms with E-state index in [1.165, 1.54) is 10.5 Å². The average molecular weight is 447 g/mol.